The fraction of sp³-hybridized carbons (Fsp3) is 0.400. The monoisotopic (exact) mass is 289 g/mol. The summed E-state index contributed by atoms with van der Waals surface area (Å²) in [6, 6.07) is 8.23. The van der Waals surface area contributed by atoms with Gasteiger partial charge >= 0.3 is 6.03 Å². The van der Waals surface area contributed by atoms with E-state index in [2.05, 4.69) is 34.5 Å². The Morgan fingerprint density at radius 2 is 2.05 bits per heavy atom. The number of primary amides is 1. The Labute approximate surface area is 122 Å². The Kier molecular flexibility index (Phi) is 3.89. The number of rotatable bonds is 2. The zero-order valence-corrected chi connectivity index (χ0v) is 12.2. The molecule has 2 aromatic rings. The largest absolute Gasteiger partial charge is 0.351 e. The van der Waals surface area contributed by atoms with Crippen molar-refractivity contribution in [1.82, 2.24) is 9.80 Å². The molecule has 5 heteroatoms. The number of thiophene rings is 1. The van der Waals surface area contributed by atoms with E-state index in [0.717, 1.165) is 39.1 Å². The Morgan fingerprint density at radius 1 is 1.20 bits per heavy atom. The second kappa shape index (κ2) is 5.81. The number of nitrogens with zero attached hydrogens (tertiary/aromatic N) is 2. The summed E-state index contributed by atoms with van der Waals surface area (Å²) in [7, 11) is 0. The van der Waals surface area contributed by atoms with Crippen LogP contribution in [0.15, 0.2) is 29.6 Å². The SMILES string of the molecule is NC(=O)N1CCCN(Cc2csc3ccccc23)CC1. The average Bonchev–Trinajstić information content (AvgIpc) is 2.69. The molecule has 0 spiro atoms. The maximum absolute atomic E-state index is 11.2. The predicted molar refractivity (Wildman–Crippen MR) is 82.9 cm³/mol. The molecule has 0 atom stereocenters. The van der Waals surface area contributed by atoms with Crippen LogP contribution < -0.4 is 5.73 Å². The molecule has 20 heavy (non-hydrogen) atoms. The molecule has 1 aliphatic heterocycles. The van der Waals surface area contributed by atoms with Crippen LogP contribution >= 0.6 is 11.3 Å². The van der Waals surface area contributed by atoms with Gasteiger partial charge in [0.05, 0.1) is 0 Å². The van der Waals surface area contributed by atoms with Crippen LogP contribution in [0.3, 0.4) is 0 Å². The Morgan fingerprint density at radius 3 is 2.90 bits per heavy atom. The molecule has 4 nitrogen and oxygen atoms in total. The van der Waals surface area contributed by atoms with Gasteiger partial charge in [-0.15, -0.1) is 11.3 Å². The van der Waals surface area contributed by atoms with E-state index >= 15 is 0 Å². The smallest absolute Gasteiger partial charge is 0.314 e. The molecular weight excluding hydrogens is 270 g/mol. The van der Waals surface area contributed by atoms with Crippen molar-refractivity contribution in [1.29, 1.82) is 0 Å². The van der Waals surface area contributed by atoms with Crippen molar-refractivity contribution >= 4 is 27.5 Å². The number of hydrogen-bond acceptors (Lipinski definition) is 3. The lowest BCUT2D eigenvalue weighted by Crippen LogP contribution is -2.38. The van der Waals surface area contributed by atoms with Crippen LogP contribution in [0.25, 0.3) is 10.1 Å². The minimum absolute atomic E-state index is 0.298. The lowest BCUT2D eigenvalue weighted by molar-refractivity contribution is 0.207. The lowest BCUT2D eigenvalue weighted by atomic mass is 10.1. The van der Waals surface area contributed by atoms with Gasteiger partial charge in [0.2, 0.25) is 0 Å². The Hall–Kier alpha value is -1.59. The van der Waals surface area contributed by atoms with E-state index in [1.165, 1.54) is 15.6 Å². The van der Waals surface area contributed by atoms with E-state index in [9.17, 15) is 4.79 Å². The molecule has 3 rings (SSSR count). The van der Waals surface area contributed by atoms with Crippen molar-refractivity contribution in [2.45, 2.75) is 13.0 Å². The molecule has 1 aromatic heterocycles. The molecule has 1 aliphatic rings. The summed E-state index contributed by atoms with van der Waals surface area (Å²) in [4.78, 5) is 15.4. The third kappa shape index (κ3) is 2.78. The highest BCUT2D eigenvalue weighted by molar-refractivity contribution is 7.17. The normalized spacial score (nSPS) is 17.3. The second-order valence-electron chi connectivity index (χ2n) is 5.21. The zero-order chi connectivity index (χ0) is 13.9. The summed E-state index contributed by atoms with van der Waals surface area (Å²) in [5.74, 6) is 0. The number of fused-ring (bicyclic) bond motifs is 1. The van der Waals surface area contributed by atoms with Crippen LogP contribution in [0, 0.1) is 0 Å². The van der Waals surface area contributed by atoms with Gasteiger partial charge in [0.15, 0.2) is 0 Å². The van der Waals surface area contributed by atoms with Gasteiger partial charge in [-0.1, -0.05) is 18.2 Å². The fourth-order valence-corrected chi connectivity index (χ4v) is 3.70. The third-order valence-electron chi connectivity index (χ3n) is 3.86. The van der Waals surface area contributed by atoms with E-state index in [4.69, 9.17) is 5.73 Å². The first-order valence-electron chi connectivity index (χ1n) is 6.96. The lowest BCUT2D eigenvalue weighted by Gasteiger charge is -2.20. The standard InChI is InChI=1S/C15H19N3OS/c16-15(19)18-7-3-6-17(8-9-18)10-12-11-20-14-5-2-1-4-13(12)14/h1-2,4-5,11H,3,6-10H2,(H2,16,19). The summed E-state index contributed by atoms with van der Waals surface area (Å²) in [5.41, 5.74) is 6.75. The topological polar surface area (TPSA) is 49.6 Å². The molecular formula is C15H19N3OS. The van der Waals surface area contributed by atoms with E-state index in [-0.39, 0.29) is 6.03 Å². The van der Waals surface area contributed by atoms with Crippen molar-refractivity contribution in [3.8, 4) is 0 Å². The first kappa shape index (κ1) is 13.4. The number of urea groups is 1. The highest BCUT2D eigenvalue weighted by Gasteiger charge is 2.17. The van der Waals surface area contributed by atoms with Gasteiger partial charge < -0.3 is 10.6 Å². The first-order chi connectivity index (χ1) is 9.74. The molecule has 0 unspecified atom stereocenters. The quantitative estimate of drug-likeness (QED) is 0.923. The van der Waals surface area contributed by atoms with Gasteiger partial charge in [0.25, 0.3) is 0 Å². The second-order valence-corrected chi connectivity index (χ2v) is 6.12. The van der Waals surface area contributed by atoms with Gasteiger partial charge in [-0.2, -0.15) is 0 Å². The summed E-state index contributed by atoms with van der Waals surface area (Å²) in [5, 5.41) is 3.61. The van der Waals surface area contributed by atoms with Gasteiger partial charge in [-0.25, -0.2) is 4.79 Å². The van der Waals surface area contributed by atoms with Gasteiger partial charge in [-0.3, -0.25) is 4.90 Å². The number of carbonyl (C=O) groups is 1. The molecule has 0 aliphatic carbocycles. The first-order valence-corrected chi connectivity index (χ1v) is 7.84. The maximum atomic E-state index is 11.2. The van der Waals surface area contributed by atoms with Crippen molar-refractivity contribution in [2.24, 2.45) is 5.73 Å². The van der Waals surface area contributed by atoms with Crippen LogP contribution in [-0.4, -0.2) is 42.0 Å². The molecule has 106 valence electrons. The van der Waals surface area contributed by atoms with Crippen LogP contribution in [0.5, 0.6) is 0 Å². The number of amides is 2. The van der Waals surface area contributed by atoms with Crippen molar-refractivity contribution in [3.63, 3.8) is 0 Å². The molecule has 2 amide bonds. The van der Waals surface area contributed by atoms with E-state index < -0.39 is 0 Å². The van der Waals surface area contributed by atoms with E-state index in [1.807, 2.05) is 0 Å². The molecule has 2 N–H and O–H groups in total. The highest BCUT2D eigenvalue weighted by Crippen LogP contribution is 2.26. The third-order valence-corrected chi connectivity index (χ3v) is 4.87. The molecule has 0 radical (unpaired) electrons. The Balaban J connectivity index is 1.70. The number of hydrogen-bond donors (Lipinski definition) is 1. The predicted octanol–water partition coefficient (Wildman–Crippen LogP) is 2.49. The van der Waals surface area contributed by atoms with Crippen LogP contribution in [-0.2, 0) is 6.54 Å². The number of benzene rings is 1. The fourth-order valence-electron chi connectivity index (χ4n) is 2.75. The number of nitrogens with two attached hydrogens (primary N) is 1. The van der Waals surface area contributed by atoms with Gasteiger partial charge in [-0.05, 0) is 28.8 Å². The van der Waals surface area contributed by atoms with E-state index in [0.29, 0.717) is 0 Å². The zero-order valence-electron chi connectivity index (χ0n) is 11.4. The highest BCUT2D eigenvalue weighted by atomic mass is 32.1. The van der Waals surface area contributed by atoms with Crippen molar-refractivity contribution in [3.05, 3.63) is 35.2 Å². The molecule has 0 bridgehead atoms. The van der Waals surface area contributed by atoms with Crippen molar-refractivity contribution < 1.29 is 4.79 Å². The maximum Gasteiger partial charge on any atom is 0.314 e. The summed E-state index contributed by atoms with van der Waals surface area (Å²) in [6.07, 6.45) is 0.991. The molecule has 0 saturated carbocycles. The minimum Gasteiger partial charge on any atom is -0.351 e. The summed E-state index contributed by atoms with van der Waals surface area (Å²) >= 11 is 1.80. The molecule has 1 saturated heterocycles. The minimum atomic E-state index is -0.298. The van der Waals surface area contributed by atoms with Crippen LogP contribution in [0.1, 0.15) is 12.0 Å². The summed E-state index contributed by atoms with van der Waals surface area (Å²) < 4.78 is 1.34. The average molecular weight is 289 g/mol. The van der Waals surface area contributed by atoms with E-state index in [1.54, 1.807) is 16.2 Å². The van der Waals surface area contributed by atoms with Gasteiger partial charge in [0, 0.05) is 37.4 Å². The molecule has 1 fully saturated rings. The Bertz CT molecular complexity index is 610. The van der Waals surface area contributed by atoms with Crippen LogP contribution in [0.4, 0.5) is 4.79 Å². The molecule has 1 aromatic carbocycles. The number of carbonyl (C=O) groups excluding carboxylic acids is 1. The van der Waals surface area contributed by atoms with Crippen LogP contribution in [0.2, 0.25) is 0 Å². The van der Waals surface area contributed by atoms with Crippen molar-refractivity contribution in [2.75, 3.05) is 26.2 Å². The summed E-state index contributed by atoms with van der Waals surface area (Å²) in [6.45, 7) is 4.38. The van der Waals surface area contributed by atoms with Gasteiger partial charge in [0.1, 0.15) is 0 Å². The molecule has 2 heterocycles.